The highest BCUT2D eigenvalue weighted by molar-refractivity contribution is 5.75. The fraction of sp³-hybridized carbons (Fsp3) is 0.200. The Morgan fingerprint density at radius 2 is 1.90 bits per heavy atom. The third kappa shape index (κ3) is 3.11. The Kier molecular flexibility index (Phi) is 3.97. The lowest BCUT2D eigenvalue weighted by Crippen LogP contribution is -2.21. The number of hydrogen-bond donors (Lipinski definition) is 2. The first-order chi connectivity index (χ1) is 10.4. The zero-order valence-corrected chi connectivity index (χ0v) is 11.7. The van der Waals surface area contributed by atoms with Crippen LogP contribution >= 0.6 is 0 Å². The summed E-state index contributed by atoms with van der Waals surface area (Å²) in [5.74, 6) is 0.782. The van der Waals surface area contributed by atoms with Gasteiger partial charge in [0.25, 0.3) is 0 Å². The largest absolute Gasteiger partial charge is 0.357 e. The van der Waals surface area contributed by atoms with E-state index in [1.54, 1.807) is 18.6 Å². The van der Waals surface area contributed by atoms with Gasteiger partial charge < -0.3 is 10.6 Å². The maximum Gasteiger partial charge on any atom is 0.180 e. The summed E-state index contributed by atoms with van der Waals surface area (Å²) in [6, 6.07) is 7.63. The Hall–Kier alpha value is -2.60. The lowest BCUT2D eigenvalue weighted by molar-refractivity contribution is 0.768. The summed E-state index contributed by atoms with van der Waals surface area (Å²) in [7, 11) is 0. The second kappa shape index (κ2) is 6.23. The van der Waals surface area contributed by atoms with Crippen LogP contribution in [0.5, 0.6) is 0 Å². The summed E-state index contributed by atoms with van der Waals surface area (Å²) in [6.45, 7) is 3.64. The molecule has 0 aliphatic heterocycles. The number of pyridine rings is 2. The van der Waals surface area contributed by atoms with Gasteiger partial charge in [0, 0.05) is 18.0 Å². The molecule has 6 nitrogen and oxygen atoms in total. The van der Waals surface area contributed by atoms with E-state index in [2.05, 4.69) is 37.5 Å². The first-order valence-electron chi connectivity index (χ1n) is 6.85. The molecule has 2 N–H and O–H groups in total. The van der Waals surface area contributed by atoms with E-state index in [4.69, 9.17) is 0 Å². The number of nitrogens with zero attached hydrogens (tertiary/aromatic N) is 4. The first kappa shape index (κ1) is 13.4. The van der Waals surface area contributed by atoms with Crippen molar-refractivity contribution in [1.82, 2.24) is 25.3 Å². The van der Waals surface area contributed by atoms with Crippen LogP contribution in [0, 0.1) is 0 Å². The molecule has 0 saturated carbocycles. The van der Waals surface area contributed by atoms with Crippen molar-refractivity contribution in [2.75, 3.05) is 18.5 Å². The first-order valence-corrected chi connectivity index (χ1v) is 6.85. The fourth-order valence-corrected chi connectivity index (χ4v) is 1.94. The molecule has 6 heteroatoms. The highest BCUT2D eigenvalue weighted by Gasteiger charge is 2.04. The molecule has 21 heavy (non-hydrogen) atoms. The van der Waals surface area contributed by atoms with Gasteiger partial charge in [-0.25, -0.2) is 9.97 Å². The average Bonchev–Trinajstić information content (AvgIpc) is 2.55. The summed E-state index contributed by atoms with van der Waals surface area (Å²) in [5, 5.41) is 6.38. The van der Waals surface area contributed by atoms with E-state index in [1.165, 1.54) is 0 Å². The monoisotopic (exact) mass is 280 g/mol. The van der Waals surface area contributed by atoms with E-state index in [9.17, 15) is 0 Å². The minimum absolute atomic E-state index is 0.630. The molecule has 3 aromatic heterocycles. The van der Waals surface area contributed by atoms with Crippen molar-refractivity contribution < 1.29 is 0 Å². The Morgan fingerprint density at radius 1 is 1.05 bits per heavy atom. The van der Waals surface area contributed by atoms with Crippen LogP contribution in [-0.4, -0.2) is 33.1 Å². The molecule has 0 aromatic carbocycles. The number of anilines is 1. The van der Waals surface area contributed by atoms with Gasteiger partial charge in [0.1, 0.15) is 11.3 Å². The number of nitrogens with one attached hydrogen (secondary N) is 2. The number of rotatable bonds is 5. The molecule has 3 rings (SSSR count). The molecule has 0 spiro atoms. The lowest BCUT2D eigenvalue weighted by atomic mass is 10.2. The zero-order chi connectivity index (χ0) is 14.5. The van der Waals surface area contributed by atoms with Crippen molar-refractivity contribution in [3.05, 3.63) is 42.9 Å². The summed E-state index contributed by atoms with van der Waals surface area (Å²) in [6.07, 6.45) is 5.23. The highest BCUT2D eigenvalue weighted by Crippen LogP contribution is 2.18. The molecule has 0 radical (unpaired) electrons. The molecule has 0 amide bonds. The van der Waals surface area contributed by atoms with Gasteiger partial charge in [-0.3, -0.25) is 9.97 Å². The number of fused-ring (bicyclic) bond motifs is 1. The van der Waals surface area contributed by atoms with Gasteiger partial charge in [-0.2, -0.15) is 0 Å². The van der Waals surface area contributed by atoms with Gasteiger partial charge >= 0.3 is 0 Å². The van der Waals surface area contributed by atoms with Gasteiger partial charge in [-0.05, 0) is 30.8 Å². The fourth-order valence-electron chi connectivity index (χ4n) is 1.94. The van der Waals surface area contributed by atoms with Crippen LogP contribution in [0.25, 0.3) is 22.4 Å². The maximum atomic E-state index is 4.57. The van der Waals surface area contributed by atoms with Crippen LogP contribution in [0.3, 0.4) is 0 Å². The Morgan fingerprint density at radius 3 is 2.71 bits per heavy atom. The molecule has 0 atom stereocenters. The average molecular weight is 280 g/mol. The van der Waals surface area contributed by atoms with E-state index in [-0.39, 0.29) is 0 Å². The molecule has 0 aliphatic carbocycles. The molecular formula is C15H16N6. The topological polar surface area (TPSA) is 75.6 Å². The van der Waals surface area contributed by atoms with Crippen molar-refractivity contribution in [3.63, 3.8) is 0 Å². The number of aromatic nitrogens is 4. The van der Waals surface area contributed by atoms with Crippen LogP contribution in [0.15, 0.2) is 42.9 Å². The van der Waals surface area contributed by atoms with Crippen molar-refractivity contribution in [2.24, 2.45) is 0 Å². The molecule has 0 unspecified atom stereocenters. The van der Waals surface area contributed by atoms with Crippen LogP contribution in [0.1, 0.15) is 6.92 Å². The summed E-state index contributed by atoms with van der Waals surface area (Å²) in [5.41, 5.74) is 3.18. The third-order valence-electron chi connectivity index (χ3n) is 3.03. The Labute approximate surface area is 122 Å². The maximum absolute atomic E-state index is 4.57. The molecule has 106 valence electrons. The molecule has 0 aliphatic rings. The lowest BCUT2D eigenvalue weighted by Gasteiger charge is -2.07. The Balaban J connectivity index is 1.92. The van der Waals surface area contributed by atoms with Gasteiger partial charge in [-0.1, -0.05) is 6.92 Å². The molecule has 3 heterocycles. The smallest absolute Gasteiger partial charge is 0.180 e. The van der Waals surface area contributed by atoms with Gasteiger partial charge in [0.15, 0.2) is 5.65 Å². The van der Waals surface area contributed by atoms with E-state index >= 15 is 0 Å². The molecule has 0 bridgehead atoms. The minimum atomic E-state index is 0.630. The van der Waals surface area contributed by atoms with Crippen LogP contribution in [0.2, 0.25) is 0 Å². The standard InChI is InChI=1S/C15H16N6/c1-2-16-10-19-14-4-3-12-15(21-14)20-13(9-18-12)11-5-7-17-8-6-11/h3-9,16H,2,10H2,1H3,(H,19,20,21). The van der Waals surface area contributed by atoms with Crippen LogP contribution in [-0.2, 0) is 0 Å². The second-order valence-corrected chi connectivity index (χ2v) is 4.49. The van der Waals surface area contributed by atoms with Gasteiger partial charge in [0.05, 0.1) is 18.6 Å². The molecule has 0 saturated heterocycles. The summed E-state index contributed by atoms with van der Waals surface area (Å²) >= 11 is 0. The van der Waals surface area contributed by atoms with E-state index in [1.807, 2.05) is 24.3 Å². The summed E-state index contributed by atoms with van der Waals surface area (Å²) in [4.78, 5) is 17.5. The quantitative estimate of drug-likeness (QED) is 0.550. The SMILES string of the molecule is CCNCNc1ccc2ncc(-c3ccncc3)nc2n1. The zero-order valence-electron chi connectivity index (χ0n) is 11.7. The normalized spacial score (nSPS) is 10.7. The van der Waals surface area contributed by atoms with E-state index in [0.29, 0.717) is 12.3 Å². The van der Waals surface area contributed by atoms with Crippen molar-refractivity contribution in [3.8, 4) is 11.3 Å². The van der Waals surface area contributed by atoms with E-state index in [0.717, 1.165) is 29.1 Å². The van der Waals surface area contributed by atoms with Crippen molar-refractivity contribution in [2.45, 2.75) is 6.92 Å². The van der Waals surface area contributed by atoms with Crippen LogP contribution in [0.4, 0.5) is 5.82 Å². The van der Waals surface area contributed by atoms with Crippen molar-refractivity contribution >= 4 is 17.0 Å². The van der Waals surface area contributed by atoms with E-state index < -0.39 is 0 Å². The molecule has 0 fully saturated rings. The Bertz CT molecular complexity index is 729. The second-order valence-electron chi connectivity index (χ2n) is 4.49. The minimum Gasteiger partial charge on any atom is -0.357 e. The van der Waals surface area contributed by atoms with Crippen molar-refractivity contribution in [1.29, 1.82) is 0 Å². The predicted molar refractivity (Wildman–Crippen MR) is 82.7 cm³/mol. The molecule has 3 aromatic rings. The predicted octanol–water partition coefficient (Wildman–Crippen LogP) is 2.07. The number of hydrogen-bond acceptors (Lipinski definition) is 6. The highest BCUT2D eigenvalue weighted by atomic mass is 15.1. The van der Waals surface area contributed by atoms with Gasteiger partial charge in [-0.15, -0.1) is 0 Å². The third-order valence-corrected chi connectivity index (χ3v) is 3.03. The van der Waals surface area contributed by atoms with Gasteiger partial charge in [0.2, 0.25) is 0 Å². The van der Waals surface area contributed by atoms with Crippen LogP contribution < -0.4 is 10.6 Å². The summed E-state index contributed by atoms with van der Waals surface area (Å²) < 4.78 is 0. The molecular weight excluding hydrogens is 264 g/mol.